The van der Waals surface area contributed by atoms with E-state index >= 15 is 0 Å². The number of pyridine rings is 1. The third kappa shape index (κ3) is 4.13. The molecule has 2 fully saturated rings. The number of anilines is 1. The van der Waals surface area contributed by atoms with Crippen molar-refractivity contribution in [3.05, 3.63) is 48.3 Å². The molecule has 136 valence electrons. The molecule has 2 aromatic rings. The van der Waals surface area contributed by atoms with Crippen molar-refractivity contribution in [2.45, 2.75) is 26.2 Å². The minimum absolute atomic E-state index is 0.419. The average molecular weight is 349 g/mol. The molecule has 0 amide bonds. The number of aryl methyl sites for hydroxylation is 1. The van der Waals surface area contributed by atoms with Gasteiger partial charge in [0.2, 0.25) is 0 Å². The number of Topliss-reactive ketones (excluding diaryl/α,β-unsaturated/α-hetero) is 1. The summed E-state index contributed by atoms with van der Waals surface area (Å²) in [7, 11) is 0. The highest BCUT2D eigenvalue weighted by molar-refractivity contribution is 5.81. The van der Waals surface area contributed by atoms with Crippen LogP contribution in [0.5, 0.6) is 0 Å². The third-order valence-electron chi connectivity index (χ3n) is 5.49. The normalized spacial score (nSPS) is 18.1. The monoisotopic (exact) mass is 349 g/mol. The lowest BCUT2D eigenvalue weighted by atomic mass is 10.0. The van der Waals surface area contributed by atoms with Crippen molar-refractivity contribution >= 4 is 11.5 Å². The molecule has 0 radical (unpaired) electrons. The van der Waals surface area contributed by atoms with E-state index in [9.17, 15) is 4.79 Å². The highest BCUT2D eigenvalue weighted by Gasteiger charge is 2.26. The smallest absolute Gasteiger partial charge is 0.147 e. The number of nitrogens with zero attached hydrogens (tertiary/aromatic N) is 3. The van der Waals surface area contributed by atoms with Crippen LogP contribution in [0.25, 0.3) is 11.1 Å². The summed E-state index contributed by atoms with van der Waals surface area (Å²) < 4.78 is 0. The molecular weight excluding hydrogens is 322 g/mol. The zero-order chi connectivity index (χ0) is 17.9. The van der Waals surface area contributed by atoms with Gasteiger partial charge in [0.15, 0.2) is 0 Å². The van der Waals surface area contributed by atoms with Crippen molar-refractivity contribution in [1.29, 1.82) is 0 Å². The van der Waals surface area contributed by atoms with Crippen LogP contribution < -0.4 is 4.90 Å². The molecule has 1 aromatic carbocycles. The number of carbonyl (C=O) groups excluding carboxylic acids is 1. The van der Waals surface area contributed by atoms with Crippen LogP contribution >= 0.6 is 0 Å². The summed E-state index contributed by atoms with van der Waals surface area (Å²) in [6, 6.07) is 10.8. The van der Waals surface area contributed by atoms with E-state index < -0.39 is 0 Å². The highest BCUT2D eigenvalue weighted by atomic mass is 16.1. The van der Waals surface area contributed by atoms with Crippen LogP contribution in [-0.4, -0.2) is 48.4 Å². The van der Waals surface area contributed by atoms with Crippen LogP contribution in [0.4, 0.5) is 5.69 Å². The van der Waals surface area contributed by atoms with Crippen molar-refractivity contribution in [2.24, 2.45) is 5.92 Å². The molecule has 2 aliphatic rings. The van der Waals surface area contributed by atoms with Crippen molar-refractivity contribution in [3.8, 4) is 11.1 Å². The van der Waals surface area contributed by atoms with Gasteiger partial charge in [0.25, 0.3) is 0 Å². The van der Waals surface area contributed by atoms with E-state index in [0.717, 1.165) is 32.6 Å². The zero-order valence-electron chi connectivity index (χ0n) is 15.5. The Labute approximate surface area is 155 Å². The van der Waals surface area contributed by atoms with E-state index in [1.165, 1.54) is 35.2 Å². The fraction of sp³-hybridized carbons (Fsp3) is 0.455. The molecular formula is C22H27N3O. The van der Waals surface area contributed by atoms with Crippen molar-refractivity contribution in [1.82, 2.24) is 9.88 Å². The lowest BCUT2D eigenvalue weighted by molar-refractivity contribution is -0.120. The molecule has 4 rings (SSSR count). The van der Waals surface area contributed by atoms with Gasteiger partial charge in [-0.15, -0.1) is 0 Å². The summed E-state index contributed by atoms with van der Waals surface area (Å²) in [5.74, 6) is 1.11. The molecule has 1 aromatic heterocycles. The molecule has 0 bridgehead atoms. The van der Waals surface area contributed by atoms with E-state index in [1.807, 2.05) is 12.4 Å². The van der Waals surface area contributed by atoms with E-state index in [4.69, 9.17) is 0 Å². The Kier molecular flexibility index (Phi) is 5.02. The van der Waals surface area contributed by atoms with Crippen molar-refractivity contribution < 1.29 is 4.79 Å². The largest absolute Gasteiger partial charge is 0.367 e. The second kappa shape index (κ2) is 7.58. The Morgan fingerprint density at radius 2 is 1.81 bits per heavy atom. The predicted molar refractivity (Wildman–Crippen MR) is 105 cm³/mol. The number of hydrogen-bond donors (Lipinski definition) is 0. The van der Waals surface area contributed by atoms with Crippen LogP contribution in [0.2, 0.25) is 0 Å². The maximum Gasteiger partial charge on any atom is 0.147 e. The van der Waals surface area contributed by atoms with Gasteiger partial charge in [-0.2, -0.15) is 0 Å². The number of aromatic nitrogens is 1. The van der Waals surface area contributed by atoms with Crippen LogP contribution in [0.1, 0.15) is 24.8 Å². The van der Waals surface area contributed by atoms with Gasteiger partial charge >= 0.3 is 0 Å². The lowest BCUT2D eigenvalue weighted by Crippen LogP contribution is -2.48. The quantitative estimate of drug-likeness (QED) is 0.799. The predicted octanol–water partition coefficient (Wildman–Crippen LogP) is 3.55. The van der Waals surface area contributed by atoms with Crippen molar-refractivity contribution in [2.75, 3.05) is 37.6 Å². The zero-order valence-corrected chi connectivity index (χ0v) is 15.5. The average Bonchev–Trinajstić information content (AvgIpc) is 3.47. The molecule has 1 saturated carbocycles. The van der Waals surface area contributed by atoms with Gasteiger partial charge in [-0.05, 0) is 37.3 Å². The first-order valence-electron chi connectivity index (χ1n) is 9.69. The van der Waals surface area contributed by atoms with Gasteiger partial charge in [0.05, 0.1) is 18.4 Å². The van der Waals surface area contributed by atoms with Gasteiger partial charge in [-0.25, -0.2) is 0 Å². The molecule has 1 saturated heterocycles. The molecule has 4 nitrogen and oxygen atoms in total. The minimum atomic E-state index is 0.419. The summed E-state index contributed by atoms with van der Waals surface area (Å²) in [5.41, 5.74) is 4.93. The Bertz CT molecular complexity index is 759. The summed E-state index contributed by atoms with van der Waals surface area (Å²) in [4.78, 5) is 21.2. The molecule has 4 heteroatoms. The standard InChI is InChI=1S/C22H27N3O/c1-17-2-6-19(7-3-17)21-8-9-23-15-22(21)25-12-10-24(11-13-25)16-20(26)14-18-4-5-18/h2-3,6-9,15,18H,4-5,10-14,16H2,1H3. The highest BCUT2D eigenvalue weighted by Crippen LogP contribution is 2.33. The number of carbonyl (C=O) groups is 1. The summed E-state index contributed by atoms with van der Waals surface area (Å²) in [6.07, 6.45) is 7.14. The number of hydrogen-bond acceptors (Lipinski definition) is 4. The Morgan fingerprint density at radius 1 is 1.08 bits per heavy atom. The summed E-state index contributed by atoms with van der Waals surface area (Å²) in [5, 5.41) is 0. The fourth-order valence-corrected chi connectivity index (χ4v) is 3.72. The van der Waals surface area contributed by atoms with Gasteiger partial charge in [-0.1, -0.05) is 29.8 Å². The molecule has 0 N–H and O–H groups in total. The molecule has 2 heterocycles. The van der Waals surface area contributed by atoms with Crippen molar-refractivity contribution in [3.63, 3.8) is 0 Å². The Morgan fingerprint density at radius 3 is 2.50 bits per heavy atom. The first-order chi connectivity index (χ1) is 12.7. The number of benzene rings is 1. The molecule has 26 heavy (non-hydrogen) atoms. The van der Waals surface area contributed by atoms with E-state index in [2.05, 4.69) is 52.0 Å². The lowest BCUT2D eigenvalue weighted by Gasteiger charge is -2.36. The van der Waals surface area contributed by atoms with Gasteiger partial charge in [-0.3, -0.25) is 14.7 Å². The molecule has 1 aliphatic carbocycles. The summed E-state index contributed by atoms with van der Waals surface area (Å²) in [6.45, 7) is 6.52. The first kappa shape index (κ1) is 17.2. The van der Waals surface area contributed by atoms with Gasteiger partial charge in [0, 0.05) is 44.4 Å². The fourth-order valence-electron chi connectivity index (χ4n) is 3.72. The Hall–Kier alpha value is -2.20. The molecule has 0 atom stereocenters. The number of rotatable bonds is 6. The van der Waals surface area contributed by atoms with Crippen LogP contribution in [0.15, 0.2) is 42.7 Å². The second-order valence-electron chi connectivity index (χ2n) is 7.71. The van der Waals surface area contributed by atoms with Crippen LogP contribution in [0, 0.1) is 12.8 Å². The number of ketones is 1. The van der Waals surface area contributed by atoms with E-state index in [1.54, 1.807) is 0 Å². The SMILES string of the molecule is Cc1ccc(-c2ccncc2N2CCN(CC(=O)CC3CC3)CC2)cc1. The second-order valence-corrected chi connectivity index (χ2v) is 7.71. The molecule has 0 unspecified atom stereocenters. The number of piperazine rings is 1. The van der Waals surface area contributed by atoms with Gasteiger partial charge < -0.3 is 4.90 Å². The maximum absolute atomic E-state index is 12.1. The van der Waals surface area contributed by atoms with E-state index in [-0.39, 0.29) is 0 Å². The topological polar surface area (TPSA) is 36.4 Å². The summed E-state index contributed by atoms with van der Waals surface area (Å²) >= 11 is 0. The minimum Gasteiger partial charge on any atom is -0.367 e. The maximum atomic E-state index is 12.1. The molecule has 1 aliphatic heterocycles. The first-order valence-corrected chi connectivity index (χ1v) is 9.69. The Balaban J connectivity index is 1.41. The van der Waals surface area contributed by atoms with Crippen LogP contribution in [0.3, 0.4) is 0 Å². The third-order valence-corrected chi connectivity index (χ3v) is 5.49. The van der Waals surface area contributed by atoms with E-state index in [0.29, 0.717) is 18.2 Å². The van der Waals surface area contributed by atoms with Crippen LogP contribution in [-0.2, 0) is 4.79 Å². The molecule has 0 spiro atoms. The van der Waals surface area contributed by atoms with Gasteiger partial charge in [0.1, 0.15) is 5.78 Å².